The van der Waals surface area contributed by atoms with Gasteiger partial charge in [-0.3, -0.25) is 4.79 Å². The number of carboxylic acids is 1. The van der Waals surface area contributed by atoms with Crippen LogP contribution in [0, 0.1) is 0 Å². The molecule has 8 heteroatoms. The van der Waals surface area contributed by atoms with Crippen molar-refractivity contribution in [3.8, 4) is 0 Å². The number of aliphatic hydroxyl groups is 1. The molecule has 0 saturated carbocycles. The van der Waals surface area contributed by atoms with Crippen molar-refractivity contribution in [3.63, 3.8) is 0 Å². The number of carbonyl (C=O) groups excluding carboxylic acids is 1. The molecule has 0 bridgehead atoms. The molecule has 0 aliphatic rings. The first kappa shape index (κ1) is 16.3. The van der Waals surface area contributed by atoms with Crippen molar-refractivity contribution >= 4 is 40.6 Å². The zero-order valence-corrected chi connectivity index (χ0v) is 13.1. The quantitative estimate of drug-likeness (QED) is 0.668. The number of hydrogen-bond donors (Lipinski definition) is 3. The standard InChI is InChI=1S/C14H14N2O4S2/c17-6-9-5-10(21-7-9)1-2-12(18)15-4-3-13-16-11(8-22-13)14(19)20/h1-2,5,7-8,17H,3-4,6H2,(H,15,18)(H,19,20)/b2-1+. The molecule has 2 aromatic rings. The van der Waals surface area contributed by atoms with E-state index in [4.69, 9.17) is 10.2 Å². The van der Waals surface area contributed by atoms with Crippen molar-refractivity contribution in [2.24, 2.45) is 0 Å². The number of thiophene rings is 1. The lowest BCUT2D eigenvalue weighted by Crippen LogP contribution is -2.23. The topological polar surface area (TPSA) is 99.5 Å². The molecule has 0 aromatic carbocycles. The molecule has 1 amide bonds. The van der Waals surface area contributed by atoms with E-state index in [2.05, 4.69) is 10.3 Å². The van der Waals surface area contributed by atoms with E-state index in [0.717, 1.165) is 10.4 Å². The van der Waals surface area contributed by atoms with Gasteiger partial charge in [-0.2, -0.15) is 0 Å². The summed E-state index contributed by atoms with van der Waals surface area (Å²) in [5.74, 6) is -1.28. The highest BCUT2D eigenvalue weighted by atomic mass is 32.1. The number of nitrogens with zero attached hydrogens (tertiary/aromatic N) is 1. The molecule has 2 rings (SSSR count). The van der Waals surface area contributed by atoms with E-state index in [1.165, 1.54) is 34.1 Å². The predicted octanol–water partition coefficient (Wildman–Crippen LogP) is 1.77. The van der Waals surface area contributed by atoms with Gasteiger partial charge in [-0.05, 0) is 23.1 Å². The summed E-state index contributed by atoms with van der Waals surface area (Å²) in [6.45, 7) is 0.380. The van der Waals surface area contributed by atoms with Crippen LogP contribution in [0.25, 0.3) is 6.08 Å². The van der Waals surface area contributed by atoms with E-state index >= 15 is 0 Å². The molecule has 2 heterocycles. The number of carboxylic acid groups (broad SMARTS) is 1. The molecule has 116 valence electrons. The molecule has 0 unspecified atom stereocenters. The summed E-state index contributed by atoms with van der Waals surface area (Å²) < 4.78 is 0. The second-order valence-electron chi connectivity index (χ2n) is 4.32. The lowest BCUT2D eigenvalue weighted by molar-refractivity contribution is -0.116. The van der Waals surface area contributed by atoms with Crippen molar-refractivity contribution in [2.45, 2.75) is 13.0 Å². The zero-order valence-electron chi connectivity index (χ0n) is 11.5. The SMILES string of the molecule is O=C(/C=C/c1cc(CO)cs1)NCCc1nc(C(=O)O)cs1. The second kappa shape index (κ2) is 7.83. The fraction of sp³-hybridized carbons (Fsp3) is 0.214. The van der Waals surface area contributed by atoms with E-state index in [1.54, 1.807) is 6.08 Å². The molecule has 0 radical (unpaired) electrons. The van der Waals surface area contributed by atoms with Gasteiger partial charge >= 0.3 is 5.97 Å². The summed E-state index contributed by atoms with van der Waals surface area (Å²) in [5.41, 5.74) is 0.853. The Balaban J connectivity index is 1.76. The maximum atomic E-state index is 11.6. The third kappa shape index (κ3) is 4.76. The first-order valence-corrected chi connectivity index (χ1v) is 8.16. The van der Waals surface area contributed by atoms with Gasteiger partial charge in [-0.1, -0.05) is 0 Å². The van der Waals surface area contributed by atoms with Crippen LogP contribution in [0.3, 0.4) is 0 Å². The van der Waals surface area contributed by atoms with Crippen molar-refractivity contribution in [1.29, 1.82) is 0 Å². The van der Waals surface area contributed by atoms with E-state index < -0.39 is 5.97 Å². The van der Waals surface area contributed by atoms with Crippen molar-refractivity contribution in [2.75, 3.05) is 6.54 Å². The minimum atomic E-state index is -1.05. The first-order chi connectivity index (χ1) is 10.6. The van der Waals surface area contributed by atoms with E-state index in [1.807, 2.05) is 11.4 Å². The third-order valence-corrected chi connectivity index (χ3v) is 4.52. The van der Waals surface area contributed by atoms with Crippen LogP contribution >= 0.6 is 22.7 Å². The van der Waals surface area contributed by atoms with Gasteiger partial charge in [0.05, 0.1) is 11.6 Å². The molecular weight excluding hydrogens is 324 g/mol. The van der Waals surface area contributed by atoms with Crippen LogP contribution in [0.15, 0.2) is 22.9 Å². The second-order valence-corrected chi connectivity index (χ2v) is 6.21. The number of amides is 1. The van der Waals surface area contributed by atoms with Crippen molar-refractivity contribution in [3.05, 3.63) is 44.0 Å². The number of nitrogens with one attached hydrogen (secondary N) is 1. The molecule has 2 aromatic heterocycles. The van der Waals surface area contributed by atoms with E-state index in [9.17, 15) is 9.59 Å². The highest BCUT2D eigenvalue weighted by molar-refractivity contribution is 7.11. The molecule has 0 atom stereocenters. The monoisotopic (exact) mass is 338 g/mol. The molecule has 0 aliphatic heterocycles. The van der Waals surface area contributed by atoms with Crippen molar-refractivity contribution < 1.29 is 19.8 Å². The molecule has 22 heavy (non-hydrogen) atoms. The first-order valence-electron chi connectivity index (χ1n) is 6.40. The molecule has 0 aliphatic carbocycles. The number of carbonyl (C=O) groups is 2. The lowest BCUT2D eigenvalue weighted by atomic mass is 10.3. The summed E-state index contributed by atoms with van der Waals surface area (Å²) in [4.78, 5) is 27.2. The number of aliphatic hydroxyl groups excluding tert-OH is 1. The minimum absolute atomic E-state index is 0.0112. The minimum Gasteiger partial charge on any atom is -0.476 e. The highest BCUT2D eigenvalue weighted by Gasteiger charge is 2.08. The molecule has 6 nitrogen and oxygen atoms in total. The summed E-state index contributed by atoms with van der Waals surface area (Å²) >= 11 is 2.71. The summed E-state index contributed by atoms with van der Waals surface area (Å²) in [7, 11) is 0. The van der Waals surface area contributed by atoms with Gasteiger partial charge in [0.25, 0.3) is 0 Å². The van der Waals surface area contributed by atoms with Crippen LogP contribution in [0.5, 0.6) is 0 Å². The van der Waals surface area contributed by atoms with Gasteiger partial charge in [0.2, 0.25) is 5.91 Å². The Kier molecular flexibility index (Phi) is 5.82. The van der Waals surface area contributed by atoms with Crippen LogP contribution in [0.1, 0.15) is 25.9 Å². The molecule has 3 N–H and O–H groups in total. The molecule has 0 saturated heterocycles. The Bertz CT molecular complexity index is 691. The Labute approximate surface area is 134 Å². The summed E-state index contributed by atoms with van der Waals surface area (Å²) in [5, 5.41) is 24.4. The molecular formula is C14H14N2O4S2. The number of rotatable bonds is 7. The van der Waals surface area contributed by atoms with Crippen molar-refractivity contribution in [1.82, 2.24) is 10.3 Å². The maximum absolute atomic E-state index is 11.6. The Morgan fingerprint density at radius 3 is 2.77 bits per heavy atom. The zero-order chi connectivity index (χ0) is 15.9. The fourth-order valence-corrected chi connectivity index (χ4v) is 3.17. The van der Waals surface area contributed by atoms with Crippen LogP contribution < -0.4 is 5.32 Å². The smallest absolute Gasteiger partial charge is 0.355 e. The third-order valence-electron chi connectivity index (χ3n) is 2.66. The van der Waals surface area contributed by atoms with Gasteiger partial charge in [-0.15, -0.1) is 22.7 Å². The molecule has 0 spiro atoms. The van der Waals surface area contributed by atoms with Gasteiger partial charge < -0.3 is 15.5 Å². The lowest BCUT2D eigenvalue weighted by Gasteiger charge is -1.99. The Morgan fingerprint density at radius 2 is 2.14 bits per heavy atom. The van der Waals surface area contributed by atoms with Crippen LogP contribution in [-0.2, 0) is 17.8 Å². The van der Waals surface area contributed by atoms with Crippen LogP contribution in [0.4, 0.5) is 0 Å². The highest BCUT2D eigenvalue weighted by Crippen LogP contribution is 2.16. The summed E-state index contributed by atoms with van der Waals surface area (Å²) in [6, 6.07) is 1.82. The average molecular weight is 338 g/mol. The van der Waals surface area contributed by atoms with Gasteiger partial charge in [-0.25, -0.2) is 9.78 Å². The van der Waals surface area contributed by atoms with Gasteiger partial charge in [0.15, 0.2) is 5.69 Å². The van der Waals surface area contributed by atoms with Crippen LogP contribution in [-0.4, -0.2) is 33.6 Å². The number of aromatic nitrogens is 1. The van der Waals surface area contributed by atoms with Gasteiger partial charge in [0.1, 0.15) is 0 Å². The average Bonchev–Trinajstić information content (AvgIpc) is 3.14. The Hall–Kier alpha value is -2.03. The largest absolute Gasteiger partial charge is 0.476 e. The number of hydrogen-bond acceptors (Lipinski definition) is 6. The van der Waals surface area contributed by atoms with E-state index in [-0.39, 0.29) is 18.2 Å². The Morgan fingerprint density at radius 1 is 1.32 bits per heavy atom. The fourth-order valence-electron chi connectivity index (χ4n) is 1.60. The van der Waals surface area contributed by atoms with Gasteiger partial charge in [0, 0.05) is 29.3 Å². The van der Waals surface area contributed by atoms with E-state index in [0.29, 0.717) is 18.0 Å². The normalized spacial score (nSPS) is 11.0. The molecule has 0 fully saturated rings. The predicted molar refractivity (Wildman–Crippen MR) is 85.1 cm³/mol. The number of thiazole rings is 1. The maximum Gasteiger partial charge on any atom is 0.355 e. The van der Waals surface area contributed by atoms with Crippen LogP contribution in [0.2, 0.25) is 0 Å². The number of aromatic carboxylic acids is 1. The summed E-state index contributed by atoms with van der Waals surface area (Å²) in [6.07, 6.45) is 3.60.